The fourth-order valence-corrected chi connectivity index (χ4v) is 2.14. The predicted octanol–water partition coefficient (Wildman–Crippen LogP) is 2.29. The zero-order chi connectivity index (χ0) is 10.5. The molecule has 3 heteroatoms. The van der Waals surface area contributed by atoms with Crippen molar-refractivity contribution in [2.24, 2.45) is 0 Å². The molecule has 1 atom stereocenters. The topological polar surface area (TPSA) is 34.1 Å². The van der Waals surface area contributed by atoms with Gasteiger partial charge in [0.2, 0.25) is 0 Å². The molecule has 1 fully saturated rings. The molecule has 1 saturated heterocycles. The molecule has 0 radical (unpaired) electrons. The van der Waals surface area contributed by atoms with E-state index in [9.17, 15) is 0 Å². The van der Waals surface area contributed by atoms with Crippen molar-refractivity contribution in [1.29, 1.82) is 0 Å². The molecule has 0 spiro atoms. The Balaban J connectivity index is 2.18. The molecule has 0 bridgehead atoms. The van der Waals surface area contributed by atoms with Crippen LogP contribution < -0.4 is 10.1 Å². The van der Waals surface area contributed by atoms with Gasteiger partial charge in [-0.2, -0.15) is 0 Å². The number of hydrogen-bond donors (Lipinski definition) is 1. The number of methoxy groups -OCH3 is 1. The van der Waals surface area contributed by atoms with Crippen molar-refractivity contribution in [3.05, 3.63) is 24.0 Å². The van der Waals surface area contributed by atoms with E-state index in [0.29, 0.717) is 6.04 Å². The average Bonchev–Trinajstić information content (AvgIpc) is 2.57. The van der Waals surface area contributed by atoms with Gasteiger partial charge in [0.25, 0.3) is 0 Å². The van der Waals surface area contributed by atoms with E-state index in [1.807, 2.05) is 6.20 Å². The number of nitrogens with one attached hydrogen (secondary N) is 1. The highest BCUT2D eigenvalue weighted by molar-refractivity contribution is 5.32. The summed E-state index contributed by atoms with van der Waals surface area (Å²) in [6.07, 6.45) is 8.73. The molecule has 0 saturated carbocycles. The maximum atomic E-state index is 5.34. The van der Waals surface area contributed by atoms with E-state index in [1.165, 1.54) is 31.2 Å². The normalized spacial score (nSPS) is 22.1. The van der Waals surface area contributed by atoms with Crippen LogP contribution in [0.1, 0.15) is 37.3 Å². The zero-order valence-electron chi connectivity index (χ0n) is 9.20. The van der Waals surface area contributed by atoms with Crippen LogP contribution in [0, 0.1) is 0 Å². The van der Waals surface area contributed by atoms with E-state index >= 15 is 0 Å². The number of nitrogens with zero attached hydrogens (tertiary/aromatic N) is 1. The number of rotatable bonds is 2. The maximum Gasteiger partial charge on any atom is 0.141 e. The highest BCUT2D eigenvalue weighted by atomic mass is 16.5. The second-order valence-corrected chi connectivity index (χ2v) is 3.97. The summed E-state index contributed by atoms with van der Waals surface area (Å²) in [5, 5.41) is 3.56. The third-order valence-electron chi connectivity index (χ3n) is 2.97. The smallest absolute Gasteiger partial charge is 0.141 e. The summed E-state index contributed by atoms with van der Waals surface area (Å²) in [7, 11) is 1.71. The molecule has 15 heavy (non-hydrogen) atoms. The van der Waals surface area contributed by atoms with Crippen LogP contribution in [-0.4, -0.2) is 18.6 Å². The van der Waals surface area contributed by atoms with Gasteiger partial charge >= 0.3 is 0 Å². The number of pyridine rings is 1. The van der Waals surface area contributed by atoms with Gasteiger partial charge in [-0.1, -0.05) is 12.8 Å². The zero-order valence-corrected chi connectivity index (χ0v) is 9.20. The molecule has 0 aromatic carbocycles. The lowest BCUT2D eigenvalue weighted by Crippen LogP contribution is -2.20. The minimum Gasteiger partial charge on any atom is -0.495 e. The van der Waals surface area contributed by atoms with Gasteiger partial charge in [-0.05, 0) is 25.5 Å². The summed E-state index contributed by atoms with van der Waals surface area (Å²) >= 11 is 0. The van der Waals surface area contributed by atoms with Gasteiger partial charge in [0.1, 0.15) is 5.75 Å². The lowest BCUT2D eigenvalue weighted by atomic mass is 10.0. The van der Waals surface area contributed by atoms with E-state index in [2.05, 4.69) is 16.4 Å². The van der Waals surface area contributed by atoms with Crippen LogP contribution in [0.5, 0.6) is 5.75 Å². The Hall–Kier alpha value is -1.09. The van der Waals surface area contributed by atoms with Gasteiger partial charge in [0.05, 0.1) is 13.3 Å². The summed E-state index contributed by atoms with van der Waals surface area (Å²) in [4.78, 5) is 4.08. The fraction of sp³-hybridized carbons (Fsp3) is 0.583. The standard InChI is InChI=1S/C12H18N2O/c1-15-12-9-13-8-6-10(12)11-5-3-2-4-7-14-11/h6,8-9,11,14H,2-5,7H2,1H3. The minimum atomic E-state index is 0.436. The summed E-state index contributed by atoms with van der Waals surface area (Å²) in [5.41, 5.74) is 1.24. The molecular formula is C12H18N2O. The van der Waals surface area contributed by atoms with Crippen LogP contribution >= 0.6 is 0 Å². The van der Waals surface area contributed by atoms with Gasteiger partial charge in [-0.3, -0.25) is 4.98 Å². The first-order chi connectivity index (χ1) is 7.42. The highest BCUT2D eigenvalue weighted by Gasteiger charge is 2.16. The van der Waals surface area contributed by atoms with E-state index in [0.717, 1.165) is 12.3 Å². The number of hydrogen-bond acceptors (Lipinski definition) is 3. The van der Waals surface area contributed by atoms with Crippen LogP contribution in [0.25, 0.3) is 0 Å². The molecule has 1 unspecified atom stereocenters. The molecule has 1 aromatic heterocycles. The van der Waals surface area contributed by atoms with Gasteiger partial charge < -0.3 is 10.1 Å². The Kier molecular flexibility index (Phi) is 3.56. The number of aromatic nitrogens is 1. The molecule has 0 amide bonds. The van der Waals surface area contributed by atoms with E-state index < -0.39 is 0 Å². The molecule has 1 aromatic rings. The lowest BCUT2D eigenvalue weighted by molar-refractivity contribution is 0.395. The minimum absolute atomic E-state index is 0.436. The first-order valence-corrected chi connectivity index (χ1v) is 5.63. The van der Waals surface area contributed by atoms with Crippen molar-refractivity contribution in [2.45, 2.75) is 31.7 Å². The summed E-state index contributed by atoms with van der Waals surface area (Å²) in [6, 6.07) is 2.49. The second kappa shape index (κ2) is 5.12. The molecule has 0 aliphatic carbocycles. The highest BCUT2D eigenvalue weighted by Crippen LogP contribution is 2.28. The van der Waals surface area contributed by atoms with E-state index in [1.54, 1.807) is 13.3 Å². The SMILES string of the molecule is COc1cnccc1C1CCCCCN1. The fourth-order valence-electron chi connectivity index (χ4n) is 2.14. The molecule has 1 N–H and O–H groups in total. The Morgan fingerprint density at radius 1 is 1.40 bits per heavy atom. The van der Waals surface area contributed by atoms with Gasteiger partial charge in [-0.15, -0.1) is 0 Å². The van der Waals surface area contributed by atoms with Crippen molar-refractivity contribution < 1.29 is 4.74 Å². The van der Waals surface area contributed by atoms with Crippen LogP contribution in [0.15, 0.2) is 18.5 Å². The summed E-state index contributed by atoms with van der Waals surface area (Å²) in [5.74, 6) is 0.900. The molecule has 1 aliphatic rings. The van der Waals surface area contributed by atoms with Crippen molar-refractivity contribution in [1.82, 2.24) is 10.3 Å². The monoisotopic (exact) mass is 206 g/mol. The predicted molar refractivity (Wildman–Crippen MR) is 60.0 cm³/mol. The van der Waals surface area contributed by atoms with E-state index in [4.69, 9.17) is 4.74 Å². The van der Waals surface area contributed by atoms with Crippen LogP contribution in [0.3, 0.4) is 0 Å². The van der Waals surface area contributed by atoms with Crippen LogP contribution in [-0.2, 0) is 0 Å². The first-order valence-electron chi connectivity index (χ1n) is 5.63. The largest absolute Gasteiger partial charge is 0.495 e. The Morgan fingerprint density at radius 3 is 3.20 bits per heavy atom. The van der Waals surface area contributed by atoms with Crippen molar-refractivity contribution >= 4 is 0 Å². The molecule has 82 valence electrons. The van der Waals surface area contributed by atoms with Crippen molar-refractivity contribution in [3.8, 4) is 5.75 Å². The Bertz CT molecular complexity index is 306. The van der Waals surface area contributed by atoms with Gasteiger partial charge in [-0.25, -0.2) is 0 Å². The third-order valence-corrected chi connectivity index (χ3v) is 2.97. The Labute approximate surface area is 90.9 Å². The summed E-state index contributed by atoms with van der Waals surface area (Å²) < 4.78 is 5.34. The van der Waals surface area contributed by atoms with Crippen molar-refractivity contribution in [2.75, 3.05) is 13.7 Å². The molecule has 1 aliphatic heterocycles. The number of ether oxygens (including phenoxy) is 1. The molecule has 2 rings (SSSR count). The van der Waals surface area contributed by atoms with Gasteiger partial charge in [0.15, 0.2) is 0 Å². The molecular weight excluding hydrogens is 188 g/mol. The quantitative estimate of drug-likeness (QED) is 0.806. The first kappa shape index (κ1) is 10.4. The van der Waals surface area contributed by atoms with Crippen molar-refractivity contribution in [3.63, 3.8) is 0 Å². The average molecular weight is 206 g/mol. The third kappa shape index (κ3) is 2.48. The van der Waals surface area contributed by atoms with E-state index in [-0.39, 0.29) is 0 Å². The van der Waals surface area contributed by atoms with Gasteiger partial charge in [0, 0.05) is 17.8 Å². The Morgan fingerprint density at radius 2 is 2.33 bits per heavy atom. The van der Waals surface area contributed by atoms with Crippen LogP contribution in [0.4, 0.5) is 0 Å². The molecule has 3 nitrogen and oxygen atoms in total. The molecule has 2 heterocycles. The van der Waals surface area contributed by atoms with Crippen LogP contribution in [0.2, 0.25) is 0 Å². The lowest BCUT2D eigenvalue weighted by Gasteiger charge is -2.18. The second-order valence-electron chi connectivity index (χ2n) is 3.97. The maximum absolute atomic E-state index is 5.34. The summed E-state index contributed by atoms with van der Waals surface area (Å²) in [6.45, 7) is 1.11.